The molecule has 0 radical (unpaired) electrons. The lowest BCUT2D eigenvalue weighted by molar-refractivity contribution is -0.0399. The Balaban J connectivity index is 1.05. The molecule has 5 aliphatic carbocycles. The fraction of sp³-hybridized carbons (Fsp3) is 0.182. The van der Waals surface area contributed by atoms with E-state index in [4.69, 9.17) is 15.0 Å². The van der Waals surface area contributed by atoms with E-state index in [0.29, 0.717) is 17.7 Å². The second-order valence-electron chi connectivity index (χ2n) is 17.9. The standard InChI is InChI=1S/C55H39N3S2/c1-3-12-33(13-4-1)37-17-9-18-38-39-19-10-21-42(51(39)60-50(37)38)54-57-52(34-14-5-2-6-15-34)56-53(58-54)41-20-11-22-43-47(41)49-44(24-25-46-48(49)40-16-7-8-23-45(40)59-46)55(43)35-27-31-26-32(29-35)30-36(55)28-31/h1-25,31-32,35-36H,26-30H2. The number of fused-ring (bicyclic) bond motifs is 10. The summed E-state index contributed by atoms with van der Waals surface area (Å²) in [6.45, 7) is 0. The van der Waals surface area contributed by atoms with Crippen molar-refractivity contribution in [3.63, 3.8) is 0 Å². The number of thiophene rings is 2. The van der Waals surface area contributed by atoms with Gasteiger partial charge in [-0.25, -0.2) is 15.0 Å². The number of rotatable bonds is 4. The molecule has 3 nitrogen and oxygen atoms in total. The van der Waals surface area contributed by atoms with Crippen LogP contribution in [-0.4, -0.2) is 15.0 Å². The first kappa shape index (κ1) is 33.8. The fourth-order valence-corrected chi connectivity index (χ4v) is 15.4. The molecule has 0 N–H and O–H groups in total. The number of benzene rings is 7. The zero-order valence-corrected chi connectivity index (χ0v) is 34.6. The molecule has 0 saturated heterocycles. The summed E-state index contributed by atoms with van der Waals surface area (Å²) in [7, 11) is 0. The predicted molar refractivity (Wildman–Crippen MR) is 251 cm³/mol. The molecule has 286 valence electrons. The molecule has 4 fully saturated rings. The topological polar surface area (TPSA) is 38.7 Å². The molecule has 0 aliphatic heterocycles. The molecule has 7 aromatic carbocycles. The van der Waals surface area contributed by atoms with Crippen molar-refractivity contribution in [3.8, 4) is 56.4 Å². The summed E-state index contributed by atoms with van der Waals surface area (Å²) < 4.78 is 5.21. The van der Waals surface area contributed by atoms with E-state index in [2.05, 4.69) is 152 Å². The van der Waals surface area contributed by atoms with E-state index in [1.807, 2.05) is 22.7 Å². The van der Waals surface area contributed by atoms with Gasteiger partial charge in [-0.05, 0) is 107 Å². The SMILES string of the molecule is c1ccc(-c2nc(-c3cccc4c3-c3c(ccc5sc6ccccc6c35)C43C4CC5CC(C4)CC3C5)nc(-c3cccc4c3sc3c(-c5ccccc5)cccc34)n2)cc1. The average molecular weight is 806 g/mol. The highest BCUT2D eigenvalue weighted by Crippen LogP contribution is 2.71. The summed E-state index contributed by atoms with van der Waals surface area (Å²) in [5, 5.41) is 5.28. The second kappa shape index (κ2) is 12.5. The molecular formula is C55H39N3S2. The molecule has 60 heavy (non-hydrogen) atoms. The van der Waals surface area contributed by atoms with Gasteiger partial charge in [0.05, 0.1) is 0 Å². The minimum absolute atomic E-state index is 0.0164. The molecule has 5 aliphatic rings. The lowest BCUT2D eigenvalue weighted by atomic mass is 9.43. The molecular weight excluding hydrogens is 767 g/mol. The van der Waals surface area contributed by atoms with Crippen LogP contribution in [0.5, 0.6) is 0 Å². The summed E-state index contributed by atoms with van der Waals surface area (Å²) in [6, 6.07) is 55.8. The van der Waals surface area contributed by atoms with Gasteiger partial charge in [-0.1, -0.05) is 133 Å². The highest BCUT2D eigenvalue weighted by atomic mass is 32.1. The Bertz CT molecular complexity index is 3370. The Kier molecular flexibility index (Phi) is 7.04. The summed E-state index contributed by atoms with van der Waals surface area (Å²) >= 11 is 3.78. The molecule has 5 heteroatoms. The lowest BCUT2D eigenvalue weighted by Gasteiger charge is -2.61. The molecule has 1 spiro atoms. The zero-order chi connectivity index (χ0) is 39.1. The number of hydrogen-bond donors (Lipinski definition) is 0. The Labute approximate surface area is 356 Å². The third kappa shape index (κ3) is 4.57. The molecule has 10 aromatic rings. The monoisotopic (exact) mass is 805 g/mol. The van der Waals surface area contributed by atoms with Gasteiger partial charge in [-0.15, -0.1) is 22.7 Å². The first-order valence-electron chi connectivity index (χ1n) is 21.6. The average Bonchev–Trinajstić information content (AvgIpc) is 3.97. The molecule has 0 unspecified atom stereocenters. The first-order valence-corrected chi connectivity index (χ1v) is 23.2. The number of nitrogens with zero attached hydrogens (tertiary/aromatic N) is 3. The molecule has 0 amide bonds. The highest BCUT2D eigenvalue weighted by molar-refractivity contribution is 7.27. The van der Waals surface area contributed by atoms with Crippen molar-refractivity contribution in [1.82, 2.24) is 15.0 Å². The van der Waals surface area contributed by atoms with Gasteiger partial charge in [0.15, 0.2) is 17.5 Å². The van der Waals surface area contributed by atoms with E-state index in [1.165, 1.54) is 100 Å². The molecule has 3 heterocycles. The molecule has 3 aromatic heterocycles. The fourth-order valence-electron chi connectivity index (χ4n) is 12.9. The van der Waals surface area contributed by atoms with Crippen LogP contribution in [0.25, 0.3) is 96.8 Å². The van der Waals surface area contributed by atoms with Crippen molar-refractivity contribution in [2.45, 2.75) is 37.5 Å². The Morgan fingerprint density at radius 2 is 0.967 bits per heavy atom. The lowest BCUT2D eigenvalue weighted by Crippen LogP contribution is -2.55. The smallest absolute Gasteiger partial charge is 0.165 e. The van der Waals surface area contributed by atoms with Crippen molar-refractivity contribution in [2.75, 3.05) is 0 Å². The van der Waals surface area contributed by atoms with Crippen LogP contribution in [0.3, 0.4) is 0 Å². The van der Waals surface area contributed by atoms with Crippen LogP contribution in [0.1, 0.15) is 43.2 Å². The summed E-state index contributed by atoms with van der Waals surface area (Å²) in [4.78, 5) is 16.4. The van der Waals surface area contributed by atoms with E-state index in [1.54, 1.807) is 5.56 Å². The normalized spacial score (nSPS) is 22.4. The quantitative estimate of drug-likeness (QED) is 0.178. The zero-order valence-electron chi connectivity index (χ0n) is 32.9. The van der Waals surface area contributed by atoms with Crippen LogP contribution >= 0.6 is 22.7 Å². The first-order chi connectivity index (χ1) is 29.7. The van der Waals surface area contributed by atoms with Gasteiger partial charge in [0.25, 0.3) is 0 Å². The van der Waals surface area contributed by atoms with Gasteiger partial charge >= 0.3 is 0 Å². The Morgan fingerprint density at radius 3 is 1.72 bits per heavy atom. The van der Waals surface area contributed by atoms with Crippen molar-refractivity contribution < 1.29 is 0 Å². The molecule has 4 saturated carbocycles. The van der Waals surface area contributed by atoms with Crippen molar-refractivity contribution in [1.29, 1.82) is 0 Å². The summed E-state index contributed by atoms with van der Waals surface area (Å²) in [6.07, 6.45) is 6.82. The Morgan fingerprint density at radius 1 is 0.400 bits per heavy atom. The third-order valence-corrected chi connectivity index (χ3v) is 17.4. The second-order valence-corrected chi connectivity index (χ2v) is 20.0. The van der Waals surface area contributed by atoms with Gasteiger partial charge in [-0.2, -0.15) is 0 Å². The number of hydrogen-bond acceptors (Lipinski definition) is 5. The number of aromatic nitrogens is 3. The van der Waals surface area contributed by atoms with Crippen molar-refractivity contribution >= 4 is 63.0 Å². The summed E-state index contributed by atoms with van der Waals surface area (Å²) in [5.41, 5.74) is 11.6. The van der Waals surface area contributed by atoms with E-state index in [0.717, 1.165) is 40.2 Å². The van der Waals surface area contributed by atoms with Crippen LogP contribution in [0, 0.1) is 23.7 Å². The maximum absolute atomic E-state index is 5.59. The van der Waals surface area contributed by atoms with Gasteiger partial charge in [0.2, 0.25) is 0 Å². The van der Waals surface area contributed by atoms with Crippen LogP contribution < -0.4 is 0 Å². The minimum Gasteiger partial charge on any atom is -0.208 e. The predicted octanol–water partition coefficient (Wildman–Crippen LogP) is 15.0. The van der Waals surface area contributed by atoms with Crippen molar-refractivity contribution in [3.05, 3.63) is 163 Å². The third-order valence-electron chi connectivity index (χ3n) is 14.9. The van der Waals surface area contributed by atoms with Crippen LogP contribution in [0.15, 0.2) is 152 Å². The van der Waals surface area contributed by atoms with E-state index < -0.39 is 0 Å². The molecule has 0 atom stereocenters. The van der Waals surface area contributed by atoms with Gasteiger partial charge in [0, 0.05) is 62.4 Å². The van der Waals surface area contributed by atoms with E-state index in [-0.39, 0.29) is 5.41 Å². The summed E-state index contributed by atoms with van der Waals surface area (Å²) in [5.74, 6) is 5.24. The molecule has 15 rings (SSSR count). The van der Waals surface area contributed by atoms with Gasteiger partial charge < -0.3 is 0 Å². The maximum atomic E-state index is 5.59. The Hall–Kier alpha value is -6.01. The minimum atomic E-state index is 0.0164. The van der Waals surface area contributed by atoms with Gasteiger partial charge in [0.1, 0.15) is 0 Å². The van der Waals surface area contributed by atoms with Crippen LogP contribution in [0.2, 0.25) is 0 Å². The van der Waals surface area contributed by atoms with Crippen LogP contribution in [0.4, 0.5) is 0 Å². The van der Waals surface area contributed by atoms with E-state index in [9.17, 15) is 0 Å². The van der Waals surface area contributed by atoms with E-state index >= 15 is 0 Å². The molecule has 4 bridgehead atoms. The van der Waals surface area contributed by atoms with Crippen LogP contribution in [-0.2, 0) is 5.41 Å². The van der Waals surface area contributed by atoms with Gasteiger partial charge in [-0.3, -0.25) is 0 Å². The largest absolute Gasteiger partial charge is 0.208 e. The maximum Gasteiger partial charge on any atom is 0.165 e. The highest BCUT2D eigenvalue weighted by Gasteiger charge is 2.62. The van der Waals surface area contributed by atoms with Crippen molar-refractivity contribution in [2.24, 2.45) is 23.7 Å².